The lowest BCUT2D eigenvalue weighted by Gasteiger charge is -2.33. The number of carbonyl (C=O) groups excluding carboxylic acids is 2. The monoisotopic (exact) mass is 762 g/mol. The van der Waals surface area contributed by atoms with Crippen LogP contribution in [0.2, 0.25) is 5.15 Å². The number of hydrogen-bond acceptors (Lipinski definition) is 9. The maximum atomic E-state index is 13.2. The molecule has 260 valence electrons. The third-order valence-electron chi connectivity index (χ3n) is 8.05. The molecule has 0 bridgehead atoms. The van der Waals surface area contributed by atoms with Crippen LogP contribution >= 0.6 is 27.5 Å². The Labute approximate surface area is 296 Å². The minimum atomic E-state index is -4.36. The van der Waals surface area contributed by atoms with Gasteiger partial charge in [-0.1, -0.05) is 38.4 Å². The van der Waals surface area contributed by atoms with Crippen LogP contribution in [0, 0.1) is 5.92 Å². The number of nitrogens with zero attached hydrogens (tertiary/aromatic N) is 4. The van der Waals surface area contributed by atoms with Gasteiger partial charge in [0.2, 0.25) is 0 Å². The average Bonchev–Trinajstić information content (AvgIpc) is 3.28. The first-order valence-corrected chi connectivity index (χ1v) is 18.4. The molecule has 0 radical (unpaired) electrons. The zero-order valence-corrected chi connectivity index (χ0v) is 31.8. The van der Waals surface area contributed by atoms with E-state index in [0.29, 0.717) is 23.4 Å². The molecule has 1 unspecified atom stereocenters. The highest BCUT2D eigenvalue weighted by Crippen LogP contribution is 2.38. The second-order valence-corrected chi connectivity index (χ2v) is 17.5. The number of sulfonamides is 1. The SMILES string of the molecule is CC(C)(C)OC(=O)N1C[C@@H](CCC(Nc2cccc(S(=O)(=O)NC(=O)c3ccc(Br)nc3Cl)n2)c2cc(C(C)(C)C)ccn2)CC1(C)C. The first-order chi connectivity index (χ1) is 22.1. The van der Waals surface area contributed by atoms with Gasteiger partial charge in [0.1, 0.15) is 21.2 Å². The molecular formula is C34H44BrClN6O5S. The molecule has 0 spiro atoms. The summed E-state index contributed by atoms with van der Waals surface area (Å²) in [7, 11) is -4.36. The molecule has 0 aliphatic carbocycles. The molecule has 0 saturated carbocycles. The van der Waals surface area contributed by atoms with Crippen molar-refractivity contribution in [2.24, 2.45) is 5.92 Å². The van der Waals surface area contributed by atoms with Crippen LogP contribution in [0.15, 0.2) is 58.3 Å². The Bertz CT molecular complexity index is 1770. The summed E-state index contributed by atoms with van der Waals surface area (Å²) in [4.78, 5) is 40.7. The van der Waals surface area contributed by atoms with Crippen molar-refractivity contribution in [2.45, 2.75) is 102 Å². The fourth-order valence-corrected chi connectivity index (χ4v) is 7.24. The zero-order chi connectivity index (χ0) is 35.7. The van der Waals surface area contributed by atoms with Gasteiger partial charge in [-0.05, 0) is 123 Å². The van der Waals surface area contributed by atoms with Crippen LogP contribution in [0.25, 0.3) is 0 Å². The quantitative estimate of drug-likeness (QED) is 0.210. The maximum Gasteiger partial charge on any atom is 0.410 e. The molecule has 48 heavy (non-hydrogen) atoms. The van der Waals surface area contributed by atoms with Gasteiger partial charge in [0.25, 0.3) is 15.9 Å². The fraction of sp³-hybridized carbons (Fsp3) is 0.500. The van der Waals surface area contributed by atoms with Gasteiger partial charge in [0.15, 0.2) is 5.03 Å². The Morgan fingerprint density at radius 3 is 2.46 bits per heavy atom. The minimum Gasteiger partial charge on any atom is -0.444 e. The van der Waals surface area contributed by atoms with E-state index < -0.39 is 21.5 Å². The largest absolute Gasteiger partial charge is 0.444 e. The Kier molecular flexibility index (Phi) is 11.2. The smallest absolute Gasteiger partial charge is 0.410 e. The molecular weight excluding hydrogens is 720 g/mol. The summed E-state index contributed by atoms with van der Waals surface area (Å²) in [5.41, 5.74) is 0.706. The van der Waals surface area contributed by atoms with Crippen molar-refractivity contribution in [3.8, 4) is 0 Å². The number of carbonyl (C=O) groups is 2. The van der Waals surface area contributed by atoms with Crippen molar-refractivity contribution >= 4 is 55.4 Å². The van der Waals surface area contributed by atoms with Crippen LogP contribution in [0.5, 0.6) is 0 Å². The third-order valence-corrected chi connectivity index (χ3v) is 10.0. The van der Waals surface area contributed by atoms with Gasteiger partial charge in [-0.2, -0.15) is 8.42 Å². The number of likely N-dealkylation sites (tertiary alicyclic amines) is 1. The molecule has 4 heterocycles. The maximum absolute atomic E-state index is 13.2. The number of anilines is 1. The molecule has 14 heteroatoms. The lowest BCUT2D eigenvalue weighted by atomic mass is 9.86. The lowest BCUT2D eigenvalue weighted by molar-refractivity contribution is 0.0130. The average molecular weight is 764 g/mol. The summed E-state index contributed by atoms with van der Waals surface area (Å²) in [6.45, 7) is 16.6. The molecule has 1 aliphatic rings. The van der Waals surface area contributed by atoms with E-state index in [0.717, 1.165) is 24.1 Å². The summed E-state index contributed by atoms with van der Waals surface area (Å²) in [5.74, 6) is -0.428. The van der Waals surface area contributed by atoms with Crippen molar-refractivity contribution in [3.63, 3.8) is 0 Å². The van der Waals surface area contributed by atoms with Crippen LogP contribution in [0.1, 0.15) is 102 Å². The first-order valence-electron chi connectivity index (χ1n) is 15.7. The summed E-state index contributed by atoms with van der Waals surface area (Å²) >= 11 is 9.23. The highest BCUT2D eigenvalue weighted by atomic mass is 79.9. The van der Waals surface area contributed by atoms with E-state index in [1.54, 1.807) is 18.3 Å². The van der Waals surface area contributed by atoms with E-state index in [1.165, 1.54) is 18.2 Å². The van der Waals surface area contributed by atoms with Crippen LogP contribution in [0.4, 0.5) is 10.6 Å². The number of rotatable bonds is 9. The van der Waals surface area contributed by atoms with Gasteiger partial charge in [0, 0.05) is 18.3 Å². The van der Waals surface area contributed by atoms with E-state index in [2.05, 4.69) is 71.9 Å². The number of amides is 2. The number of hydrogen-bond donors (Lipinski definition) is 2. The van der Waals surface area contributed by atoms with Crippen molar-refractivity contribution in [1.82, 2.24) is 24.6 Å². The fourth-order valence-electron chi connectivity index (χ4n) is 5.65. The summed E-state index contributed by atoms with van der Waals surface area (Å²) < 4.78 is 34.6. The van der Waals surface area contributed by atoms with Crippen molar-refractivity contribution in [3.05, 3.63) is 75.2 Å². The molecule has 1 saturated heterocycles. The predicted octanol–water partition coefficient (Wildman–Crippen LogP) is 7.67. The van der Waals surface area contributed by atoms with E-state index in [9.17, 15) is 18.0 Å². The van der Waals surface area contributed by atoms with E-state index >= 15 is 0 Å². The van der Waals surface area contributed by atoms with Gasteiger partial charge < -0.3 is 15.0 Å². The first kappa shape index (κ1) is 37.5. The van der Waals surface area contributed by atoms with Crippen LogP contribution in [-0.4, -0.2) is 58.0 Å². The number of halogens is 2. The molecule has 3 aromatic heterocycles. The Hall–Kier alpha value is -3.29. The number of aromatic nitrogens is 3. The van der Waals surface area contributed by atoms with Gasteiger partial charge >= 0.3 is 6.09 Å². The third kappa shape index (κ3) is 9.66. The number of ether oxygens (including phenoxy) is 1. The molecule has 1 aliphatic heterocycles. The minimum absolute atomic E-state index is 0.0945. The van der Waals surface area contributed by atoms with Gasteiger partial charge in [-0.3, -0.25) is 9.78 Å². The van der Waals surface area contributed by atoms with Crippen molar-refractivity contribution in [2.75, 3.05) is 11.9 Å². The van der Waals surface area contributed by atoms with Crippen LogP contribution < -0.4 is 10.0 Å². The van der Waals surface area contributed by atoms with E-state index in [4.69, 9.17) is 21.3 Å². The van der Waals surface area contributed by atoms with Crippen molar-refractivity contribution < 1.29 is 22.7 Å². The molecule has 2 amide bonds. The van der Waals surface area contributed by atoms with E-state index in [-0.39, 0.29) is 44.7 Å². The molecule has 1 fully saturated rings. The molecule has 3 aromatic rings. The lowest BCUT2D eigenvalue weighted by Crippen LogP contribution is -2.45. The Balaban J connectivity index is 1.57. The molecule has 0 aromatic carbocycles. The normalized spacial score (nSPS) is 17.1. The highest BCUT2D eigenvalue weighted by Gasteiger charge is 2.43. The zero-order valence-electron chi connectivity index (χ0n) is 28.6. The predicted molar refractivity (Wildman–Crippen MR) is 189 cm³/mol. The summed E-state index contributed by atoms with van der Waals surface area (Å²) in [5, 5.41) is 2.91. The molecule has 11 nitrogen and oxygen atoms in total. The summed E-state index contributed by atoms with van der Waals surface area (Å²) in [6.07, 6.45) is 3.65. The second-order valence-electron chi connectivity index (χ2n) is 14.7. The van der Waals surface area contributed by atoms with Gasteiger partial charge in [-0.15, -0.1) is 0 Å². The highest BCUT2D eigenvalue weighted by molar-refractivity contribution is 9.10. The molecule has 4 rings (SSSR count). The van der Waals surface area contributed by atoms with Gasteiger partial charge in [0.05, 0.1) is 17.3 Å². The number of nitrogens with one attached hydrogen (secondary N) is 2. The van der Waals surface area contributed by atoms with Crippen LogP contribution in [0.3, 0.4) is 0 Å². The Morgan fingerprint density at radius 1 is 1.10 bits per heavy atom. The Morgan fingerprint density at radius 2 is 1.81 bits per heavy atom. The topological polar surface area (TPSA) is 143 Å². The standard InChI is InChI=1S/C34H44BrClN6O5S/c1-32(2,3)22-16-17-37-25(18-22)24(14-12-21-19-34(7,8)42(20-21)31(44)47-33(4,5)6)38-27-10-9-11-28(40-27)48(45,46)41-30(43)23-13-15-26(35)39-29(23)36/h9-11,13,15-18,21,24H,12,14,19-20H2,1-8H3,(H,38,40)(H,41,43)/t21-,24?/m0/s1. The van der Waals surface area contributed by atoms with E-state index in [1.807, 2.05) is 36.5 Å². The van der Waals surface area contributed by atoms with Gasteiger partial charge in [-0.25, -0.2) is 19.5 Å². The second kappa shape index (κ2) is 14.3. The summed E-state index contributed by atoms with van der Waals surface area (Å²) in [6, 6.07) is 11.1. The van der Waals surface area contributed by atoms with Crippen molar-refractivity contribution in [1.29, 1.82) is 0 Å². The van der Waals surface area contributed by atoms with Crippen LogP contribution in [-0.2, 0) is 20.2 Å². The molecule has 2 atom stereocenters. The molecule has 2 N–H and O–H groups in total. The number of pyridine rings is 3.